The third-order valence-corrected chi connectivity index (χ3v) is 13.9. The van der Waals surface area contributed by atoms with E-state index < -0.39 is 0 Å². The summed E-state index contributed by atoms with van der Waals surface area (Å²) >= 11 is 3.77. The maximum atomic E-state index is 5.22. The van der Waals surface area contributed by atoms with E-state index in [9.17, 15) is 0 Å². The highest BCUT2D eigenvalue weighted by Gasteiger charge is 2.26. The Bertz CT molecular complexity index is 3320. The molecule has 4 heterocycles. The Balaban J connectivity index is 0.959. The molecule has 2 unspecified atom stereocenters. The van der Waals surface area contributed by atoms with Crippen LogP contribution in [0, 0.1) is 0 Å². The lowest BCUT2D eigenvalue weighted by Crippen LogP contribution is -2.44. The maximum absolute atomic E-state index is 5.22. The Morgan fingerprint density at radius 2 is 1.02 bits per heavy atom. The summed E-state index contributed by atoms with van der Waals surface area (Å²) in [6.45, 7) is 0. The van der Waals surface area contributed by atoms with Gasteiger partial charge in [0.1, 0.15) is 18.2 Å². The smallest absolute Gasteiger partial charge is 0.131 e. The van der Waals surface area contributed by atoms with Gasteiger partial charge in [-0.3, -0.25) is 5.32 Å². The van der Waals surface area contributed by atoms with Crippen LogP contribution in [0.25, 0.3) is 79.0 Å². The highest BCUT2D eigenvalue weighted by Crippen LogP contribution is 2.45. The number of hydrogen-bond donors (Lipinski definition) is 2. The fourth-order valence-electron chi connectivity index (χ4n) is 8.81. The number of aromatic nitrogens is 1. The predicted molar refractivity (Wildman–Crippen MR) is 243 cm³/mol. The Hall–Kier alpha value is -6.57. The Kier molecular flexibility index (Phi) is 7.45. The molecule has 3 aromatic heterocycles. The molecule has 1 aliphatic heterocycles. The van der Waals surface area contributed by atoms with Gasteiger partial charge in [-0.2, -0.15) is 0 Å². The maximum Gasteiger partial charge on any atom is 0.131 e. The standard InChI is InChI=1S/C51H34N4S2/c1-3-13-31(14-4-1)49-52-50(32-15-5-2-6-16-32)54-51(53-49)34-26-28-38-40-20-11-19-35(47(40)56-46(38)30-34)33-25-27-39-41-21-12-24-44(48(41)57-45(39)29-33)55-42-22-9-7-17-36(42)37-18-8-10-23-43(37)55/h1-30,49-50,52H,(H,53,54). The predicted octanol–water partition coefficient (Wildman–Crippen LogP) is 13.5. The minimum Gasteiger partial charge on any atom is -0.350 e. The monoisotopic (exact) mass is 766 g/mol. The molecule has 12 rings (SSSR count). The summed E-state index contributed by atoms with van der Waals surface area (Å²) in [4.78, 5) is 5.22. The lowest BCUT2D eigenvalue weighted by atomic mass is 10.0. The minimum absolute atomic E-state index is 0.0736. The van der Waals surface area contributed by atoms with Gasteiger partial charge in [-0.05, 0) is 52.6 Å². The summed E-state index contributed by atoms with van der Waals surface area (Å²) in [5.74, 6) is 0.895. The molecule has 0 spiro atoms. The number of fused-ring (bicyclic) bond motifs is 9. The first-order valence-electron chi connectivity index (χ1n) is 19.4. The van der Waals surface area contributed by atoms with E-state index in [4.69, 9.17) is 4.99 Å². The van der Waals surface area contributed by atoms with Gasteiger partial charge >= 0.3 is 0 Å². The van der Waals surface area contributed by atoms with Gasteiger partial charge in [0.25, 0.3) is 0 Å². The van der Waals surface area contributed by atoms with Crippen molar-refractivity contribution >= 4 is 90.7 Å². The van der Waals surface area contributed by atoms with Crippen molar-refractivity contribution in [3.63, 3.8) is 0 Å². The van der Waals surface area contributed by atoms with Gasteiger partial charge in [-0.15, -0.1) is 22.7 Å². The van der Waals surface area contributed by atoms with Crippen LogP contribution in [0.15, 0.2) is 187 Å². The van der Waals surface area contributed by atoms with Crippen molar-refractivity contribution < 1.29 is 0 Å². The highest BCUT2D eigenvalue weighted by molar-refractivity contribution is 7.27. The van der Waals surface area contributed by atoms with Crippen molar-refractivity contribution in [1.29, 1.82) is 0 Å². The SMILES string of the molecule is c1ccc(C2N=C(c3ccc4c(c3)sc3c(-c5ccc6c(c5)sc5c(-n7c8ccccc8c8ccccc87)cccc56)cccc34)NC(c3ccccc3)N2)cc1. The van der Waals surface area contributed by atoms with Gasteiger partial charge in [-0.1, -0.05) is 152 Å². The molecule has 0 radical (unpaired) electrons. The summed E-state index contributed by atoms with van der Waals surface area (Å²) < 4.78 is 7.61. The zero-order chi connectivity index (χ0) is 37.5. The van der Waals surface area contributed by atoms with Crippen LogP contribution < -0.4 is 10.6 Å². The molecule has 0 bridgehead atoms. The van der Waals surface area contributed by atoms with Gasteiger partial charge < -0.3 is 9.88 Å². The summed E-state index contributed by atoms with van der Waals surface area (Å²) in [7, 11) is 0. The van der Waals surface area contributed by atoms with Gasteiger partial charge in [-0.25, -0.2) is 4.99 Å². The summed E-state index contributed by atoms with van der Waals surface area (Å²) in [6, 6.07) is 66.0. The fourth-order valence-corrected chi connectivity index (χ4v) is 11.3. The molecule has 0 fully saturated rings. The molecule has 1 aliphatic rings. The molecule has 0 amide bonds. The second kappa shape index (κ2) is 13.0. The topological polar surface area (TPSA) is 41.4 Å². The van der Waals surface area contributed by atoms with Crippen molar-refractivity contribution in [1.82, 2.24) is 15.2 Å². The van der Waals surface area contributed by atoms with Gasteiger partial charge in [0.2, 0.25) is 0 Å². The van der Waals surface area contributed by atoms with E-state index in [2.05, 4.69) is 197 Å². The van der Waals surface area contributed by atoms with Crippen LogP contribution in [0.1, 0.15) is 29.0 Å². The highest BCUT2D eigenvalue weighted by atomic mass is 32.1. The van der Waals surface area contributed by atoms with Crippen LogP contribution in [0.3, 0.4) is 0 Å². The summed E-state index contributed by atoms with van der Waals surface area (Å²) in [5.41, 5.74) is 9.62. The third-order valence-electron chi connectivity index (χ3n) is 11.5. The fraction of sp³-hybridized carbons (Fsp3) is 0.0392. The van der Waals surface area contributed by atoms with E-state index in [0.29, 0.717) is 0 Å². The Morgan fingerprint density at radius 3 is 1.74 bits per heavy atom. The summed E-state index contributed by atoms with van der Waals surface area (Å²) in [5, 5.41) is 15.2. The molecule has 270 valence electrons. The largest absolute Gasteiger partial charge is 0.350 e. The number of aliphatic imine (C=N–C) groups is 1. The van der Waals surface area contributed by atoms with E-state index in [1.807, 2.05) is 22.7 Å². The molecule has 2 N–H and O–H groups in total. The number of para-hydroxylation sites is 2. The van der Waals surface area contributed by atoms with Gasteiger partial charge in [0.15, 0.2) is 0 Å². The molecule has 57 heavy (non-hydrogen) atoms. The zero-order valence-corrected chi connectivity index (χ0v) is 32.3. The number of benzene rings is 8. The van der Waals surface area contributed by atoms with Crippen molar-refractivity contribution in [2.24, 2.45) is 4.99 Å². The number of nitrogens with one attached hydrogen (secondary N) is 2. The van der Waals surface area contributed by atoms with E-state index in [1.165, 1.54) is 84.5 Å². The summed E-state index contributed by atoms with van der Waals surface area (Å²) in [6.07, 6.45) is -0.241. The molecular formula is C51H34N4S2. The molecule has 8 aromatic carbocycles. The number of thiophene rings is 2. The number of nitrogens with zero attached hydrogens (tertiary/aromatic N) is 2. The quantitative estimate of drug-likeness (QED) is 0.183. The number of rotatable bonds is 5. The average molecular weight is 767 g/mol. The lowest BCUT2D eigenvalue weighted by Gasteiger charge is -2.32. The lowest BCUT2D eigenvalue weighted by molar-refractivity contribution is 0.409. The van der Waals surface area contributed by atoms with E-state index >= 15 is 0 Å². The normalized spacial score (nSPS) is 15.9. The molecule has 0 saturated carbocycles. The Labute approximate surface area is 337 Å². The molecule has 2 atom stereocenters. The second-order valence-electron chi connectivity index (χ2n) is 14.8. The van der Waals surface area contributed by atoms with Crippen LogP contribution in [0.2, 0.25) is 0 Å². The molecule has 11 aromatic rings. The molecule has 6 heteroatoms. The van der Waals surface area contributed by atoms with Crippen molar-refractivity contribution in [2.75, 3.05) is 0 Å². The first-order valence-corrected chi connectivity index (χ1v) is 21.0. The minimum atomic E-state index is -0.167. The van der Waals surface area contributed by atoms with E-state index in [1.54, 1.807) is 0 Å². The van der Waals surface area contributed by atoms with Crippen molar-refractivity contribution in [2.45, 2.75) is 12.3 Å². The van der Waals surface area contributed by atoms with Crippen LogP contribution in [-0.4, -0.2) is 10.4 Å². The Morgan fingerprint density at radius 1 is 0.456 bits per heavy atom. The van der Waals surface area contributed by atoms with Crippen LogP contribution in [0.4, 0.5) is 0 Å². The molecular weight excluding hydrogens is 733 g/mol. The number of amidine groups is 1. The van der Waals surface area contributed by atoms with E-state index in [-0.39, 0.29) is 12.3 Å². The third kappa shape index (κ3) is 5.26. The van der Waals surface area contributed by atoms with Crippen molar-refractivity contribution in [3.05, 3.63) is 199 Å². The van der Waals surface area contributed by atoms with E-state index in [0.717, 1.165) is 17.0 Å². The first-order chi connectivity index (χ1) is 28.2. The van der Waals surface area contributed by atoms with Gasteiger partial charge in [0.05, 0.1) is 21.4 Å². The zero-order valence-electron chi connectivity index (χ0n) is 30.7. The average Bonchev–Trinajstić information content (AvgIpc) is 3.96. The molecule has 0 saturated heterocycles. The molecule has 0 aliphatic carbocycles. The number of hydrogen-bond acceptors (Lipinski definition) is 5. The van der Waals surface area contributed by atoms with Crippen LogP contribution in [0.5, 0.6) is 0 Å². The van der Waals surface area contributed by atoms with Crippen molar-refractivity contribution in [3.8, 4) is 16.8 Å². The van der Waals surface area contributed by atoms with Crippen LogP contribution in [-0.2, 0) is 0 Å². The second-order valence-corrected chi connectivity index (χ2v) is 16.9. The first kappa shape index (κ1) is 32.7. The molecule has 4 nitrogen and oxygen atoms in total. The van der Waals surface area contributed by atoms with Crippen LogP contribution >= 0.6 is 22.7 Å². The van der Waals surface area contributed by atoms with Gasteiger partial charge in [0, 0.05) is 52.0 Å².